The lowest BCUT2D eigenvalue weighted by Gasteiger charge is -2.22. The molecule has 2 N–H and O–H groups in total. The van der Waals surface area contributed by atoms with Gasteiger partial charge < -0.3 is 5.73 Å². The van der Waals surface area contributed by atoms with E-state index in [1.165, 1.54) is 0 Å². The lowest BCUT2D eigenvalue weighted by molar-refractivity contribution is -0.137. The number of carbonyl (C=O) groups excluding carboxylic acids is 1. The monoisotopic (exact) mass is 237 g/mol. The van der Waals surface area contributed by atoms with Gasteiger partial charge in [-0.15, -0.1) is 0 Å². The SMILES string of the molecule is NC1(CC(=O)CCCC(F)(F)F)CCCC1. The Bertz CT molecular complexity index is 244. The maximum absolute atomic E-state index is 11.9. The lowest BCUT2D eigenvalue weighted by Crippen LogP contribution is -2.38. The van der Waals surface area contributed by atoms with Gasteiger partial charge in [0.25, 0.3) is 0 Å². The van der Waals surface area contributed by atoms with Crippen molar-refractivity contribution in [2.24, 2.45) is 5.73 Å². The molecule has 5 heteroatoms. The highest BCUT2D eigenvalue weighted by atomic mass is 19.4. The molecular weight excluding hydrogens is 219 g/mol. The second-order valence-corrected chi connectivity index (χ2v) is 4.75. The molecule has 0 bridgehead atoms. The highest BCUT2D eigenvalue weighted by Gasteiger charge is 2.32. The quantitative estimate of drug-likeness (QED) is 0.798. The highest BCUT2D eigenvalue weighted by molar-refractivity contribution is 5.79. The van der Waals surface area contributed by atoms with Crippen molar-refractivity contribution in [1.29, 1.82) is 0 Å². The zero-order valence-corrected chi connectivity index (χ0v) is 9.28. The number of ketones is 1. The van der Waals surface area contributed by atoms with Gasteiger partial charge >= 0.3 is 6.18 Å². The summed E-state index contributed by atoms with van der Waals surface area (Å²) in [6.45, 7) is 0. The van der Waals surface area contributed by atoms with Crippen LogP contribution in [0.3, 0.4) is 0 Å². The van der Waals surface area contributed by atoms with Crippen LogP contribution in [0.15, 0.2) is 0 Å². The maximum Gasteiger partial charge on any atom is 0.389 e. The summed E-state index contributed by atoms with van der Waals surface area (Å²) < 4.78 is 35.6. The van der Waals surface area contributed by atoms with Crippen molar-refractivity contribution in [3.8, 4) is 0 Å². The summed E-state index contributed by atoms with van der Waals surface area (Å²) in [5.74, 6) is -0.131. The molecule has 0 saturated heterocycles. The van der Waals surface area contributed by atoms with Crippen molar-refractivity contribution in [3.63, 3.8) is 0 Å². The smallest absolute Gasteiger partial charge is 0.325 e. The number of carbonyl (C=O) groups is 1. The molecule has 0 radical (unpaired) electrons. The van der Waals surface area contributed by atoms with Gasteiger partial charge in [0.15, 0.2) is 0 Å². The van der Waals surface area contributed by atoms with Crippen molar-refractivity contribution in [2.45, 2.75) is 63.1 Å². The first-order valence-electron chi connectivity index (χ1n) is 5.68. The van der Waals surface area contributed by atoms with E-state index in [0.717, 1.165) is 25.7 Å². The summed E-state index contributed by atoms with van der Waals surface area (Å²) in [6.07, 6.45) is -1.24. The van der Waals surface area contributed by atoms with E-state index in [2.05, 4.69) is 0 Å². The molecule has 1 aliphatic carbocycles. The average Bonchev–Trinajstić information content (AvgIpc) is 2.49. The third kappa shape index (κ3) is 4.96. The first-order chi connectivity index (χ1) is 7.31. The van der Waals surface area contributed by atoms with Crippen molar-refractivity contribution in [3.05, 3.63) is 0 Å². The number of rotatable bonds is 5. The number of Topliss-reactive ketones (excluding diaryl/α,β-unsaturated/α-hetero) is 1. The molecule has 0 spiro atoms. The molecule has 16 heavy (non-hydrogen) atoms. The molecule has 1 rings (SSSR count). The molecular formula is C11H18F3NO. The predicted molar refractivity (Wildman–Crippen MR) is 54.9 cm³/mol. The molecule has 0 atom stereocenters. The van der Waals surface area contributed by atoms with Gasteiger partial charge in [-0.25, -0.2) is 0 Å². The van der Waals surface area contributed by atoms with E-state index >= 15 is 0 Å². The number of alkyl halides is 3. The summed E-state index contributed by atoms with van der Waals surface area (Å²) >= 11 is 0. The van der Waals surface area contributed by atoms with Crippen molar-refractivity contribution in [1.82, 2.24) is 0 Å². The summed E-state index contributed by atoms with van der Waals surface area (Å²) in [5, 5.41) is 0. The Labute approximate surface area is 93.4 Å². The van der Waals surface area contributed by atoms with E-state index < -0.39 is 18.1 Å². The van der Waals surface area contributed by atoms with E-state index in [0.29, 0.717) is 0 Å². The van der Waals surface area contributed by atoms with Gasteiger partial charge in [-0.1, -0.05) is 12.8 Å². The fourth-order valence-corrected chi connectivity index (χ4v) is 2.22. The van der Waals surface area contributed by atoms with Gasteiger partial charge in [-0.2, -0.15) is 13.2 Å². The number of hydrogen-bond donors (Lipinski definition) is 1. The zero-order chi connectivity index (χ0) is 12.2. The van der Waals surface area contributed by atoms with Gasteiger partial charge in [-0.05, 0) is 19.3 Å². The standard InChI is InChI=1S/C11H18F3NO/c12-11(13,14)7-3-4-9(16)8-10(15)5-1-2-6-10/h1-8,15H2. The van der Waals surface area contributed by atoms with Crippen LogP contribution in [-0.2, 0) is 4.79 Å². The van der Waals surface area contributed by atoms with Crippen LogP contribution in [0.5, 0.6) is 0 Å². The van der Waals surface area contributed by atoms with Gasteiger partial charge in [0, 0.05) is 24.8 Å². The van der Waals surface area contributed by atoms with E-state index in [9.17, 15) is 18.0 Å². The second kappa shape index (κ2) is 5.17. The molecule has 0 heterocycles. The molecule has 0 amide bonds. The third-order valence-corrected chi connectivity index (χ3v) is 3.06. The number of nitrogens with two attached hydrogens (primary N) is 1. The fraction of sp³-hybridized carbons (Fsp3) is 0.909. The van der Waals surface area contributed by atoms with Crippen LogP contribution in [-0.4, -0.2) is 17.5 Å². The largest absolute Gasteiger partial charge is 0.389 e. The number of halogens is 3. The summed E-state index contributed by atoms with van der Waals surface area (Å²) in [4.78, 5) is 11.4. The minimum Gasteiger partial charge on any atom is -0.325 e. The van der Waals surface area contributed by atoms with E-state index in [1.807, 2.05) is 0 Å². The minimum absolute atomic E-state index is 0.00153. The Balaban J connectivity index is 2.21. The van der Waals surface area contributed by atoms with Gasteiger partial charge in [-0.3, -0.25) is 4.79 Å². The molecule has 0 unspecified atom stereocenters. The highest BCUT2D eigenvalue weighted by Crippen LogP contribution is 2.31. The van der Waals surface area contributed by atoms with Crippen molar-refractivity contribution < 1.29 is 18.0 Å². The van der Waals surface area contributed by atoms with Crippen LogP contribution in [0.1, 0.15) is 51.4 Å². The van der Waals surface area contributed by atoms with Crippen LogP contribution in [0, 0.1) is 0 Å². The third-order valence-electron chi connectivity index (χ3n) is 3.06. The zero-order valence-electron chi connectivity index (χ0n) is 9.28. The Kier molecular flexibility index (Phi) is 4.35. The molecule has 0 aromatic heterocycles. The molecule has 1 aliphatic rings. The van der Waals surface area contributed by atoms with Crippen LogP contribution in [0.2, 0.25) is 0 Å². The predicted octanol–water partition coefficient (Wildman–Crippen LogP) is 2.95. The van der Waals surface area contributed by atoms with Crippen LogP contribution in [0.25, 0.3) is 0 Å². The normalized spacial score (nSPS) is 20.0. The first-order valence-corrected chi connectivity index (χ1v) is 5.68. The first kappa shape index (κ1) is 13.5. The minimum atomic E-state index is -4.16. The summed E-state index contributed by atoms with van der Waals surface area (Å²) in [6, 6.07) is 0. The lowest BCUT2D eigenvalue weighted by atomic mass is 9.91. The van der Waals surface area contributed by atoms with E-state index in [4.69, 9.17) is 5.73 Å². The molecule has 1 saturated carbocycles. The summed E-state index contributed by atoms with van der Waals surface area (Å²) in [7, 11) is 0. The average molecular weight is 237 g/mol. The maximum atomic E-state index is 11.9. The van der Waals surface area contributed by atoms with Gasteiger partial charge in [0.05, 0.1) is 0 Å². The van der Waals surface area contributed by atoms with Crippen LogP contribution >= 0.6 is 0 Å². The molecule has 0 aromatic carbocycles. The molecule has 1 fully saturated rings. The topological polar surface area (TPSA) is 43.1 Å². The van der Waals surface area contributed by atoms with E-state index in [-0.39, 0.29) is 25.0 Å². The summed E-state index contributed by atoms with van der Waals surface area (Å²) in [5.41, 5.74) is 5.54. The van der Waals surface area contributed by atoms with E-state index in [1.54, 1.807) is 0 Å². The van der Waals surface area contributed by atoms with Crippen molar-refractivity contribution in [2.75, 3.05) is 0 Å². The fourth-order valence-electron chi connectivity index (χ4n) is 2.22. The van der Waals surface area contributed by atoms with Gasteiger partial charge in [0.2, 0.25) is 0 Å². The van der Waals surface area contributed by atoms with Gasteiger partial charge in [0.1, 0.15) is 5.78 Å². The molecule has 2 nitrogen and oxygen atoms in total. The van der Waals surface area contributed by atoms with Crippen molar-refractivity contribution >= 4 is 5.78 Å². The Morgan fingerprint density at radius 2 is 1.81 bits per heavy atom. The second-order valence-electron chi connectivity index (χ2n) is 4.75. The molecule has 0 aromatic rings. The Morgan fingerprint density at radius 3 is 2.31 bits per heavy atom. The Hall–Kier alpha value is -0.580. The van der Waals surface area contributed by atoms with Crippen LogP contribution in [0.4, 0.5) is 13.2 Å². The molecule has 0 aliphatic heterocycles. The number of hydrogen-bond acceptors (Lipinski definition) is 2. The van der Waals surface area contributed by atoms with Crippen LogP contribution < -0.4 is 5.73 Å². The molecule has 94 valence electrons. The Morgan fingerprint density at radius 1 is 1.25 bits per heavy atom.